The van der Waals surface area contributed by atoms with Crippen molar-refractivity contribution in [2.45, 2.75) is 37.6 Å². The average molecular weight is 486 g/mol. The molecule has 3 aromatic rings. The summed E-state index contributed by atoms with van der Waals surface area (Å²) in [5, 5.41) is 11.1. The Kier molecular flexibility index (Phi) is 8.52. The number of aliphatic hydroxyl groups is 1. The van der Waals surface area contributed by atoms with Crippen molar-refractivity contribution in [1.29, 1.82) is 0 Å². The van der Waals surface area contributed by atoms with Crippen molar-refractivity contribution in [2.75, 3.05) is 4.43 Å². The number of hydrogen-bond acceptors (Lipinski definition) is 2. The summed E-state index contributed by atoms with van der Waals surface area (Å²) >= 11 is 2.40. The van der Waals surface area contributed by atoms with Crippen LogP contribution in [0.2, 0.25) is 0 Å². The van der Waals surface area contributed by atoms with Crippen LogP contribution in [-0.4, -0.2) is 15.6 Å². The molecular weight excluding hydrogens is 459 g/mol. The predicted molar refractivity (Wildman–Crippen MR) is 124 cm³/mol. The fourth-order valence-corrected chi connectivity index (χ4v) is 4.08. The molecule has 0 fully saturated rings. The lowest BCUT2D eigenvalue weighted by molar-refractivity contribution is -0.0840. The van der Waals surface area contributed by atoms with Crippen molar-refractivity contribution >= 4 is 22.6 Å². The molecule has 3 aromatic carbocycles. The number of aliphatic hydroxyl groups excluding tert-OH is 1. The van der Waals surface area contributed by atoms with Crippen molar-refractivity contribution in [3.63, 3.8) is 0 Å². The second kappa shape index (κ2) is 11.3. The number of rotatable bonds is 10. The van der Waals surface area contributed by atoms with Crippen LogP contribution in [0.25, 0.3) is 0 Å². The molecular formula is C25H27IO2. The lowest BCUT2D eigenvalue weighted by Gasteiger charge is -2.29. The largest absolute Gasteiger partial charge is 0.385 e. The number of aryl methyl sites for hydroxylation is 1. The van der Waals surface area contributed by atoms with E-state index in [1.165, 1.54) is 5.56 Å². The van der Waals surface area contributed by atoms with E-state index in [9.17, 15) is 5.11 Å². The molecule has 146 valence electrons. The number of halogens is 1. The quantitative estimate of drug-likeness (QED) is 0.269. The van der Waals surface area contributed by atoms with Crippen molar-refractivity contribution < 1.29 is 9.84 Å². The van der Waals surface area contributed by atoms with E-state index in [1.54, 1.807) is 0 Å². The van der Waals surface area contributed by atoms with Gasteiger partial charge in [0.15, 0.2) is 0 Å². The van der Waals surface area contributed by atoms with Gasteiger partial charge < -0.3 is 9.84 Å². The van der Waals surface area contributed by atoms with Gasteiger partial charge in [-0.1, -0.05) is 114 Å². The third kappa shape index (κ3) is 6.16. The topological polar surface area (TPSA) is 29.5 Å². The summed E-state index contributed by atoms with van der Waals surface area (Å²) in [7, 11) is 0. The van der Waals surface area contributed by atoms with Crippen molar-refractivity contribution in [3.05, 3.63) is 108 Å². The Morgan fingerprint density at radius 3 is 1.82 bits per heavy atom. The van der Waals surface area contributed by atoms with Crippen LogP contribution in [0.4, 0.5) is 0 Å². The second-order valence-electron chi connectivity index (χ2n) is 6.95. The molecule has 3 rings (SSSR count). The van der Waals surface area contributed by atoms with Gasteiger partial charge in [0.1, 0.15) is 12.2 Å². The molecule has 3 heteroatoms. The normalized spacial score (nSPS) is 14.4. The van der Waals surface area contributed by atoms with Crippen molar-refractivity contribution in [2.24, 2.45) is 0 Å². The highest BCUT2D eigenvalue weighted by Crippen LogP contribution is 2.34. The van der Waals surface area contributed by atoms with E-state index in [4.69, 9.17) is 4.74 Å². The molecule has 3 atom stereocenters. The smallest absolute Gasteiger partial charge is 0.113 e. The summed E-state index contributed by atoms with van der Waals surface area (Å²) in [6.07, 6.45) is 1.91. The van der Waals surface area contributed by atoms with Gasteiger partial charge in [-0.05, 0) is 36.0 Å². The highest BCUT2D eigenvalue weighted by molar-refractivity contribution is 14.1. The van der Waals surface area contributed by atoms with Gasteiger partial charge in [-0.25, -0.2) is 0 Å². The molecule has 0 saturated carbocycles. The molecule has 0 spiro atoms. The first-order valence-corrected chi connectivity index (χ1v) is 11.3. The SMILES string of the molecule is O[C@H](c1ccccc1)[C@H](OC(CCI)CCc1ccccc1)c1ccccc1. The first-order valence-electron chi connectivity index (χ1n) is 9.81. The van der Waals surface area contributed by atoms with E-state index >= 15 is 0 Å². The van der Waals surface area contributed by atoms with Crippen molar-refractivity contribution in [1.82, 2.24) is 0 Å². The van der Waals surface area contributed by atoms with Crippen LogP contribution in [0.3, 0.4) is 0 Å². The number of alkyl halides is 1. The third-order valence-corrected chi connectivity index (χ3v) is 5.55. The minimum Gasteiger partial charge on any atom is -0.385 e. The molecule has 0 aliphatic carbocycles. The highest BCUT2D eigenvalue weighted by atomic mass is 127. The molecule has 1 N–H and O–H groups in total. The van der Waals surface area contributed by atoms with Gasteiger partial charge in [0.05, 0.1) is 6.10 Å². The van der Waals surface area contributed by atoms with Gasteiger partial charge >= 0.3 is 0 Å². The highest BCUT2D eigenvalue weighted by Gasteiger charge is 2.26. The van der Waals surface area contributed by atoms with Crippen molar-refractivity contribution in [3.8, 4) is 0 Å². The van der Waals surface area contributed by atoms with Gasteiger partial charge in [-0.2, -0.15) is 0 Å². The van der Waals surface area contributed by atoms with Gasteiger partial charge in [0.2, 0.25) is 0 Å². The molecule has 0 amide bonds. The Morgan fingerprint density at radius 1 is 0.714 bits per heavy atom. The third-order valence-electron chi connectivity index (χ3n) is 4.92. The van der Waals surface area contributed by atoms with Crippen LogP contribution >= 0.6 is 22.6 Å². The van der Waals surface area contributed by atoms with Gasteiger partial charge in [-0.3, -0.25) is 0 Å². The zero-order chi connectivity index (χ0) is 19.6. The van der Waals surface area contributed by atoms with E-state index in [0.29, 0.717) is 0 Å². The maximum Gasteiger partial charge on any atom is 0.113 e. The number of benzene rings is 3. The zero-order valence-electron chi connectivity index (χ0n) is 16.0. The fourth-order valence-electron chi connectivity index (χ4n) is 3.38. The standard InChI is InChI=1S/C25H27IO2/c26-19-18-23(17-16-20-10-4-1-5-11-20)28-25(22-14-8-3-9-15-22)24(27)21-12-6-2-7-13-21/h1-15,23-25,27H,16-19H2/t23?,24-,25-/m1/s1. The number of ether oxygens (including phenoxy) is 1. The first kappa shape index (κ1) is 21.0. The van der Waals surface area contributed by atoms with Gasteiger partial charge in [-0.15, -0.1) is 0 Å². The minimum atomic E-state index is -0.697. The summed E-state index contributed by atoms with van der Waals surface area (Å²) < 4.78 is 7.59. The molecule has 0 saturated heterocycles. The maximum absolute atomic E-state index is 11.1. The van der Waals surface area contributed by atoms with Crippen LogP contribution in [0.1, 0.15) is 41.7 Å². The summed E-state index contributed by atoms with van der Waals surface area (Å²) in [5.41, 5.74) is 3.22. The predicted octanol–water partition coefficient (Wildman–Crippen LogP) is 6.30. The average Bonchev–Trinajstić information content (AvgIpc) is 2.77. The second-order valence-corrected chi connectivity index (χ2v) is 8.03. The fraction of sp³-hybridized carbons (Fsp3) is 0.280. The lowest BCUT2D eigenvalue weighted by Crippen LogP contribution is -2.23. The molecule has 0 heterocycles. The molecule has 28 heavy (non-hydrogen) atoms. The Balaban J connectivity index is 1.77. The van der Waals surface area contributed by atoms with Gasteiger partial charge in [0.25, 0.3) is 0 Å². The molecule has 2 nitrogen and oxygen atoms in total. The summed E-state index contributed by atoms with van der Waals surface area (Å²) in [4.78, 5) is 0. The van der Waals surface area contributed by atoms with Crippen LogP contribution < -0.4 is 0 Å². The van der Waals surface area contributed by atoms with Crippen LogP contribution in [0, 0.1) is 0 Å². The molecule has 1 unspecified atom stereocenters. The van der Waals surface area contributed by atoms with Crippen LogP contribution in [-0.2, 0) is 11.2 Å². The van der Waals surface area contributed by atoms with E-state index < -0.39 is 6.10 Å². The molecule has 0 radical (unpaired) electrons. The van der Waals surface area contributed by atoms with E-state index in [1.807, 2.05) is 66.7 Å². The monoisotopic (exact) mass is 486 g/mol. The summed E-state index contributed by atoms with van der Waals surface area (Å²) in [6, 6.07) is 30.4. The first-order chi connectivity index (χ1) is 13.8. The summed E-state index contributed by atoms with van der Waals surface area (Å²) in [6.45, 7) is 0. The van der Waals surface area contributed by atoms with E-state index in [0.717, 1.165) is 34.8 Å². The number of hydrogen-bond donors (Lipinski definition) is 1. The van der Waals surface area contributed by atoms with E-state index in [2.05, 4.69) is 46.9 Å². The Bertz CT molecular complexity index is 793. The van der Waals surface area contributed by atoms with Gasteiger partial charge in [0, 0.05) is 4.43 Å². The molecule has 0 aliphatic heterocycles. The zero-order valence-corrected chi connectivity index (χ0v) is 18.1. The van der Waals surface area contributed by atoms with Crippen LogP contribution in [0.15, 0.2) is 91.0 Å². The summed E-state index contributed by atoms with van der Waals surface area (Å²) in [5.74, 6) is 0. The molecule has 0 aliphatic rings. The molecule has 0 bridgehead atoms. The minimum absolute atomic E-state index is 0.0978. The Labute approximate surface area is 181 Å². The maximum atomic E-state index is 11.1. The van der Waals surface area contributed by atoms with E-state index in [-0.39, 0.29) is 12.2 Å². The Morgan fingerprint density at radius 2 is 1.25 bits per heavy atom. The Hall–Kier alpha value is -1.69. The lowest BCUT2D eigenvalue weighted by atomic mass is 9.97. The molecule has 0 aromatic heterocycles. The van der Waals surface area contributed by atoms with Crippen LogP contribution in [0.5, 0.6) is 0 Å².